The van der Waals surface area contributed by atoms with E-state index < -0.39 is 0 Å². The number of aromatic amines is 1. The molecule has 1 heterocycles. The lowest BCUT2D eigenvalue weighted by atomic mass is 10.3. The zero-order valence-electron chi connectivity index (χ0n) is 10.4. The Balaban J connectivity index is 2.02. The normalized spacial score (nSPS) is 10.8. The van der Waals surface area contributed by atoms with Gasteiger partial charge in [0.05, 0.1) is 17.6 Å². The van der Waals surface area contributed by atoms with Gasteiger partial charge in [0, 0.05) is 11.7 Å². The molecule has 1 aromatic carbocycles. The molecule has 0 spiro atoms. The van der Waals surface area contributed by atoms with E-state index in [0.717, 1.165) is 11.0 Å². The summed E-state index contributed by atoms with van der Waals surface area (Å²) in [7, 11) is 0. The van der Waals surface area contributed by atoms with Gasteiger partial charge in [0.15, 0.2) is 0 Å². The molecule has 0 aliphatic heterocycles. The second kappa shape index (κ2) is 4.95. The van der Waals surface area contributed by atoms with Crippen molar-refractivity contribution in [2.24, 2.45) is 0 Å². The first kappa shape index (κ1) is 12.2. The van der Waals surface area contributed by atoms with Crippen molar-refractivity contribution in [3.63, 3.8) is 0 Å². The Morgan fingerprint density at radius 3 is 3.00 bits per heavy atom. The fourth-order valence-corrected chi connectivity index (χ4v) is 1.65. The van der Waals surface area contributed by atoms with Gasteiger partial charge in [-0.15, -0.1) is 0 Å². The molecule has 0 aliphatic carbocycles. The van der Waals surface area contributed by atoms with Crippen LogP contribution in [0.5, 0.6) is 0 Å². The van der Waals surface area contributed by atoms with Gasteiger partial charge in [0.25, 0.3) is 0 Å². The second-order valence-electron chi connectivity index (χ2n) is 4.44. The average molecular weight is 247 g/mol. The molecule has 0 radical (unpaired) electrons. The Kier molecular flexibility index (Phi) is 3.36. The van der Waals surface area contributed by atoms with Gasteiger partial charge in [-0.3, -0.25) is 4.79 Å². The van der Waals surface area contributed by atoms with Crippen LogP contribution in [0.1, 0.15) is 13.8 Å². The Morgan fingerprint density at radius 2 is 2.28 bits per heavy atom. The lowest BCUT2D eigenvalue weighted by Crippen LogP contribution is -2.34. The van der Waals surface area contributed by atoms with E-state index in [1.807, 2.05) is 26.0 Å². The first-order valence-electron chi connectivity index (χ1n) is 5.83. The molecule has 18 heavy (non-hydrogen) atoms. The van der Waals surface area contributed by atoms with Gasteiger partial charge in [0.2, 0.25) is 11.9 Å². The summed E-state index contributed by atoms with van der Waals surface area (Å²) in [6.07, 6.45) is 0. The molecular formula is C12H17N5O. The van der Waals surface area contributed by atoms with Crippen molar-refractivity contribution in [2.75, 3.05) is 17.6 Å². The zero-order valence-corrected chi connectivity index (χ0v) is 10.4. The summed E-state index contributed by atoms with van der Waals surface area (Å²) in [6, 6.07) is 5.57. The Bertz CT molecular complexity index is 561. The summed E-state index contributed by atoms with van der Waals surface area (Å²) < 4.78 is 0. The molecule has 1 amide bonds. The standard InChI is InChI=1S/C12H17N5O/c1-7(2)15-11(18)6-14-12-16-9-4-3-8(13)5-10(9)17-12/h3-5,7H,6,13H2,1-2H3,(H,15,18)(H2,14,16,17). The minimum absolute atomic E-state index is 0.0648. The first-order chi connectivity index (χ1) is 8.54. The number of imidazole rings is 1. The van der Waals surface area contributed by atoms with Crippen molar-refractivity contribution in [2.45, 2.75) is 19.9 Å². The molecule has 0 saturated carbocycles. The van der Waals surface area contributed by atoms with Crippen molar-refractivity contribution in [3.05, 3.63) is 18.2 Å². The number of nitrogen functional groups attached to an aromatic ring is 1. The van der Waals surface area contributed by atoms with Crippen molar-refractivity contribution in [1.82, 2.24) is 15.3 Å². The van der Waals surface area contributed by atoms with Gasteiger partial charge in [-0.2, -0.15) is 0 Å². The summed E-state index contributed by atoms with van der Waals surface area (Å²) in [5, 5.41) is 5.73. The van der Waals surface area contributed by atoms with Crippen LogP contribution < -0.4 is 16.4 Å². The second-order valence-corrected chi connectivity index (χ2v) is 4.44. The monoisotopic (exact) mass is 247 g/mol. The SMILES string of the molecule is CC(C)NC(=O)CNc1nc2ccc(N)cc2[nH]1. The maximum absolute atomic E-state index is 11.5. The third kappa shape index (κ3) is 2.91. The lowest BCUT2D eigenvalue weighted by molar-refractivity contribution is -0.119. The van der Waals surface area contributed by atoms with Gasteiger partial charge in [-0.05, 0) is 32.0 Å². The van der Waals surface area contributed by atoms with E-state index in [9.17, 15) is 4.79 Å². The van der Waals surface area contributed by atoms with E-state index in [0.29, 0.717) is 11.6 Å². The van der Waals surface area contributed by atoms with Gasteiger partial charge in [0.1, 0.15) is 0 Å². The van der Waals surface area contributed by atoms with Gasteiger partial charge < -0.3 is 21.4 Å². The highest BCUT2D eigenvalue weighted by molar-refractivity contribution is 5.83. The van der Waals surface area contributed by atoms with Crippen molar-refractivity contribution >= 4 is 28.6 Å². The maximum atomic E-state index is 11.5. The van der Waals surface area contributed by atoms with Crippen molar-refractivity contribution < 1.29 is 4.79 Å². The van der Waals surface area contributed by atoms with E-state index in [4.69, 9.17) is 5.73 Å². The molecule has 0 fully saturated rings. The molecule has 5 N–H and O–H groups in total. The Hall–Kier alpha value is -2.24. The van der Waals surface area contributed by atoms with Crippen LogP contribution in [-0.4, -0.2) is 28.5 Å². The van der Waals surface area contributed by atoms with E-state index >= 15 is 0 Å². The van der Waals surface area contributed by atoms with Crippen LogP contribution in [0.25, 0.3) is 11.0 Å². The smallest absolute Gasteiger partial charge is 0.239 e. The largest absolute Gasteiger partial charge is 0.399 e. The quantitative estimate of drug-likeness (QED) is 0.608. The Morgan fingerprint density at radius 1 is 1.50 bits per heavy atom. The summed E-state index contributed by atoms with van der Waals surface area (Å²) in [6.45, 7) is 4.03. The zero-order chi connectivity index (χ0) is 13.1. The van der Waals surface area contributed by atoms with Gasteiger partial charge in [-0.25, -0.2) is 4.98 Å². The summed E-state index contributed by atoms with van der Waals surface area (Å²) in [5.41, 5.74) is 8.02. The molecular weight excluding hydrogens is 230 g/mol. The third-order valence-electron chi connectivity index (χ3n) is 2.37. The maximum Gasteiger partial charge on any atom is 0.239 e. The van der Waals surface area contributed by atoms with E-state index in [1.165, 1.54) is 0 Å². The highest BCUT2D eigenvalue weighted by atomic mass is 16.1. The topological polar surface area (TPSA) is 95.8 Å². The number of carbonyl (C=O) groups is 1. The molecule has 0 aliphatic rings. The van der Waals surface area contributed by atoms with Crippen LogP contribution in [-0.2, 0) is 4.79 Å². The highest BCUT2D eigenvalue weighted by Crippen LogP contribution is 2.16. The molecule has 6 heteroatoms. The molecule has 2 rings (SSSR count). The third-order valence-corrected chi connectivity index (χ3v) is 2.37. The van der Waals surface area contributed by atoms with Crippen molar-refractivity contribution in [1.29, 1.82) is 0 Å². The summed E-state index contributed by atoms with van der Waals surface area (Å²) >= 11 is 0. The van der Waals surface area contributed by atoms with Crippen LogP contribution in [0.2, 0.25) is 0 Å². The number of nitrogens with two attached hydrogens (primary N) is 1. The number of amides is 1. The first-order valence-corrected chi connectivity index (χ1v) is 5.83. The number of nitrogens with zero attached hydrogens (tertiary/aromatic N) is 1. The molecule has 0 saturated heterocycles. The number of H-pyrrole nitrogens is 1. The van der Waals surface area contributed by atoms with Gasteiger partial charge in [-0.1, -0.05) is 0 Å². The number of fused-ring (bicyclic) bond motifs is 1. The molecule has 0 unspecified atom stereocenters. The van der Waals surface area contributed by atoms with E-state index in [-0.39, 0.29) is 18.5 Å². The number of carbonyl (C=O) groups excluding carboxylic acids is 1. The number of hydrogen-bond donors (Lipinski definition) is 4. The number of benzene rings is 1. The lowest BCUT2D eigenvalue weighted by Gasteiger charge is -2.08. The minimum Gasteiger partial charge on any atom is -0.399 e. The van der Waals surface area contributed by atoms with Crippen LogP contribution in [0, 0.1) is 0 Å². The molecule has 1 aromatic heterocycles. The fourth-order valence-electron chi connectivity index (χ4n) is 1.65. The number of hydrogen-bond acceptors (Lipinski definition) is 4. The fraction of sp³-hybridized carbons (Fsp3) is 0.333. The van der Waals surface area contributed by atoms with Crippen LogP contribution in [0.15, 0.2) is 18.2 Å². The summed E-state index contributed by atoms with van der Waals surface area (Å²) in [5.74, 6) is 0.500. The molecule has 2 aromatic rings. The number of rotatable bonds is 4. The van der Waals surface area contributed by atoms with Crippen LogP contribution in [0.3, 0.4) is 0 Å². The highest BCUT2D eigenvalue weighted by Gasteiger charge is 2.06. The van der Waals surface area contributed by atoms with Crippen LogP contribution in [0.4, 0.5) is 11.6 Å². The molecule has 96 valence electrons. The van der Waals surface area contributed by atoms with E-state index in [2.05, 4.69) is 20.6 Å². The van der Waals surface area contributed by atoms with Gasteiger partial charge >= 0.3 is 0 Å². The molecule has 0 bridgehead atoms. The minimum atomic E-state index is -0.0648. The predicted molar refractivity (Wildman–Crippen MR) is 72.3 cm³/mol. The summed E-state index contributed by atoms with van der Waals surface area (Å²) in [4.78, 5) is 18.8. The average Bonchev–Trinajstić information content (AvgIpc) is 2.67. The predicted octanol–water partition coefficient (Wildman–Crippen LogP) is 1.08. The number of anilines is 2. The van der Waals surface area contributed by atoms with E-state index in [1.54, 1.807) is 6.07 Å². The molecule has 6 nitrogen and oxygen atoms in total. The van der Waals surface area contributed by atoms with Crippen LogP contribution >= 0.6 is 0 Å². The molecule has 0 atom stereocenters. The van der Waals surface area contributed by atoms with Crippen molar-refractivity contribution in [3.8, 4) is 0 Å². The number of aromatic nitrogens is 2. The number of nitrogens with one attached hydrogen (secondary N) is 3. The Labute approximate surface area is 105 Å².